The van der Waals surface area contributed by atoms with E-state index in [2.05, 4.69) is 4.98 Å². The Labute approximate surface area is 125 Å². The number of nitrogens with zero attached hydrogens (tertiary/aromatic N) is 2. The molecule has 7 heteroatoms. The Balaban J connectivity index is 2.00. The summed E-state index contributed by atoms with van der Waals surface area (Å²) in [6, 6.07) is 7.45. The van der Waals surface area contributed by atoms with Crippen LogP contribution in [0.4, 0.5) is 10.2 Å². The van der Waals surface area contributed by atoms with Gasteiger partial charge in [0.25, 0.3) is 0 Å². The minimum Gasteiger partial charge on any atom is -0.393 e. The summed E-state index contributed by atoms with van der Waals surface area (Å²) in [6.45, 7) is -0.282. The fraction of sp³-hybridized carbons (Fsp3) is 0.200. The second kappa shape index (κ2) is 5.70. The van der Waals surface area contributed by atoms with Crippen LogP contribution in [0.3, 0.4) is 0 Å². The topological polar surface area (TPSA) is 90.4 Å². The number of rotatable bonds is 3. The van der Waals surface area contributed by atoms with E-state index in [0.717, 1.165) is 0 Å². The first-order valence-electron chi connectivity index (χ1n) is 6.67. The lowest BCUT2D eigenvalue weighted by Gasteiger charge is -2.15. The third-order valence-corrected chi connectivity index (χ3v) is 3.42. The van der Waals surface area contributed by atoms with Gasteiger partial charge in [0.15, 0.2) is 6.23 Å². The fourth-order valence-electron chi connectivity index (χ4n) is 2.40. The number of anilines is 1. The summed E-state index contributed by atoms with van der Waals surface area (Å²) in [6.07, 6.45) is 1.76. The molecule has 0 saturated heterocycles. The van der Waals surface area contributed by atoms with Crippen molar-refractivity contribution >= 4 is 11.4 Å². The molecule has 1 aromatic heterocycles. The Kier molecular flexibility index (Phi) is 3.74. The quantitative estimate of drug-likeness (QED) is 0.880. The van der Waals surface area contributed by atoms with Crippen LogP contribution in [0.25, 0.3) is 5.57 Å². The van der Waals surface area contributed by atoms with E-state index < -0.39 is 18.0 Å². The fourth-order valence-corrected chi connectivity index (χ4v) is 2.40. The van der Waals surface area contributed by atoms with Crippen molar-refractivity contribution in [3.63, 3.8) is 0 Å². The molecule has 1 aromatic carbocycles. The smallest absolute Gasteiger partial charge is 0.351 e. The third kappa shape index (κ3) is 2.63. The SMILES string of the molecule is Nc1ccn([C@H]2C=C(c3cccc(F)c3)[C@@H](CO)O2)c(=O)n1. The van der Waals surface area contributed by atoms with Crippen LogP contribution in [-0.4, -0.2) is 27.4 Å². The summed E-state index contributed by atoms with van der Waals surface area (Å²) in [5.41, 5.74) is 6.11. The number of halogens is 1. The van der Waals surface area contributed by atoms with Crippen LogP contribution < -0.4 is 11.4 Å². The molecule has 114 valence electrons. The Bertz CT molecular complexity index is 788. The van der Waals surface area contributed by atoms with Crippen molar-refractivity contribution < 1.29 is 14.2 Å². The van der Waals surface area contributed by atoms with Gasteiger partial charge in [-0.05, 0) is 35.4 Å². The van der Waals surface area contributed by atoms with E-state index in [0.29, 0.717) is 11.1 Å². The van der Waals surface area contributed by atoms with Crippen LogP contribution >= 0.6 is 0 Å². The molecule has 0 spiro atoms. The first kappa shape index (κ1) is 14.4. The number of nitrogens with two attached hydrogens (primary N) is 1. The first-order chi connectivity index (χ1) is 10.6. The Morgan fingerprint density at radius 2 is 2.23 bits per heavy atom. The second-order valence-corrected chi connectivity index (χ2v) is 4.87. The minimum absolute atomic E-state index is 0.118. The Hall–Kier alpha value is -2.51. The lowest BCUT2D eigenvalue weighted by molar-refractivity contribution is -0.00713. The first-order valence-corrected chi connectivity index (χ1v) is 6.67. The van der Waals surface area contributed by atoms with Gasteiger partial charge in [0.2, 0.25) is 0 Å². The molecule has 0 unspecified atom stereocenters. The Morgan fingerprint density at radius 1 is 1.41 bits per heavy atom. The Morgan fingerprint density at radius 3 is 2.91 bits per heavy atom. The third-order valence-electron chi connectivity index (χ3n) is 3.42. The number of hydrogen-bond donors (Lipinski definition) is 2. The highest BCUT2D eigenvalue weighted by molar-refractivity contribution is 5.70. The molecule has 3 rings (SSSR count). The van der Waals surface area contributed by atoms with Crippen molar-refractivity contribution in [2.75, 3.05) is 12.3 Å². The van der Waals surface area contributed by atoms with Gasteiger partial charge in [-0.15, -0.1) is 0 Å². The van der Waals surface area contributed by atoms with E-state index in [1.807, 2.05) is 0 Å². The van der Waals surface area contributed by atoms with Gasteiger partial charge in [0.1, 0.15) is 17.7 Å². The highest BCUT2D eigenvalue weighted by Gasteiger charge is 2.29. The molecule has 2 heterocycles. The molecule has 22 heavy (non-hydrogen) atoms. The van der Waals surface area contributed by atoms with Crippen LogP contribution in [-0.2, 0) is 4.74 Å². The van der Waals surface area contributed by atoms with E-state index in [1.54, 1.807) is 18.2 Å². The average molecular weight is 303 g/mol. The molecule has 0 radical (unpaired) electrons. The van der Waals surface area contributed by atoms with Crippen LogP contribution in [0.2, 0.25) is 0 Å². The standard InChI is InChI=1S/C15H14FN3O3/c16-10-3-1-2-9(6-10)11-7-14(22-12(11)8-20)19-5-4-13(17)18-15(19)21/h1-7,12,14,20H,8H2,(H2,17,18,21)/t12-,14-/m1/s1. The predicted octanol–water partition coefficient (Wildman–Crippen LogP) is 0.938. The van der Waals surface area contributed by atoms with Crippen LogP contribution in [0.5, 0.6) is 0 Å². The van der Waals surface area contributed by atoms with E-state index in [4.69, 9.17) is 10.5 Å². The molecule has 2 atom stereocenters. The summed E-state index contributed by atoms with van der Waals surface area (Å²) in [4.78, 5) is 15.5. The molecule has 1 aliphatic heterocycles. The maximum absolute atomic E-state index is 13.4. The van der Waals surface area contributed by atoms with Crippen LogP contribution in [0, 0.1) is 5.82 Å². The van der Waals surface area contributed by atoms with Crippen LogP contribution in [0.15, 0.2) is 47.4 Å². The van der Waals surface area contributed by atoms with Crippen molar-refractivity contribution in [2.45, 2.75) is 12.3 Å². The number of benzene rings is 1. The monoisotopic (exact) mass is 303 g/mol. The molecule has 3 N–H and O–H groups in total. The van der Waals surface area contributed by atoms with Gasteiger partial charge in [-0.25, -0.2) is 9.18 Å². The van der Waals surface area contributed by atoms with Gasteiger partial charge in [-0.1, -0.05) is 12.1 Å². The van der Waals surface area contributed by atoms with Gasteiger partial charge >= 0.3 is 5.69 Å². The lowest BCUT2D eigenvalue weighted by atomic mass is 10.0. The number of aliphatic hydroxyl groups excluding tert-OH is 1. The number of aliphatic hydroxyl groups is 1. The van der Waals surface area contributed by atoms with Gasteiger partial charge in [-0.3, -0.25) is 4.57 Å². The average Bonchev–Trinajstić information content (AvgIpc) is 2.91. The van der Waals surface area contributed by atoms with Gasteiger partial charge in [0, 0.05) is 6.20 Å². The van der Waals surface area contributed by atoms with Gasteiger partial charge in [-0.2, -0.15) is 4.98 Å². The molecule has 0 amide bonds. The summed E-state index contributed by atoms with van der Waals surface area (Å²) in [5, 5.41) is 9.46. The zero-order valence-corrected chi connectivity index (χ0v) is 11.5. The van der Waals surface area contributed by atoms with E-state index in [9.17, 15) is 14.3 Å². The second-order valence-electron chi connectivity index (χ2n) is 4.87. The summed E-state index contributed by atoms with van der Waals surface area (Å²) < 4.78 is 20.3. The maximum Gasteiger partial charge on any atom is 0.351 e. The normalized spacial score (nSPS) is 20.9. The number of nitrogen functional groups attached to an aromatic ring is 1. The zero-order chi connectivity index (χ0) is 15.7. The number of aromatic nitrogens is 2. The number of hydrogen-bond acceptors (Lipinski definition) is 5. The molecule has 1 aliphatic rings. The highest BCUT2D eigenvalue weighted by Crippen LogP contribution is 2.33. The molecule has 0 saturated carbocycles. The molecular formula is C15H14FN3O3. The lowest BCUT2D eigenvalue weighted by Crippen LogP contribution is -2.28. The molecular weight excluding hydrogens is 289 g/mol. The van der Waals surface area contributed by atoms with Crippen LogP contribution in [0.1, 0.15) is 11.8 Å². The molecule has 0 fully saturated rings. The molecule has 0 aliphatic carbocycles. The summed E-state index contributed by atoms with van der Waals surface area (Å²) in [7, 11) is 0. The van der Waals surface area contributed by atoms with E-state index >= 15 is 0 Å². The molecule has 6 nitrogen and oxygen atoms in total. The number of ether oxygens (including phenoxy) is 1. The molecule has 2 aromatic rings. The van der Waals surface area contributed by atoms with Gasteiger partial charge < -0.3 is 15.6 Å². The maximum atomic E-state index is 13.4. The van der Waals surface area contributed by atoms with Crippen molar-refractivity contribution in [1.82, 2.24) is 9.55 Å². The largest absolute Gasteiger partial charge is 0.393 e. The van der Waals surface area contributed by atoms with E-state index in [1.165, 1.54) is 29.0 Å². The van der Waals surface area contributed by atoms with Crippen molar-refractivity contribution in [1.29, 1.82) is 0 Å². The van der Waals surface area contributed by atoms with Gasteiger partial charge in [0.05, 0.1) is 6.61 Å². The van der Waals surface area contributed by atoms with Crippen molar-refractivity contribution in [2.24, 2.45) is 0 Å². The van der Waals surface area contributed by atoms with Crippen molar-refractivity contribution in [3.05, 3.63) is 64.5 Å². The van der Waals surface area contributed by atoms with Crippen molar-refractivity contribution in [3.8, 4) is 0 Å². The summed E-state index contributed by atoms with van der Waals surface area (Å²) in [5.74, 6) is -0.267. The van der Waals surface area contributed by atoms with E-state index in [-0.39, 0.29) is 18.2 Å². The summed E-state index contributed by atoms with van der Waals surface area (Å²) >= 11 is 0. The minimum atomic E-state index is -0.726. The zero-order valence-electron chi connectivity index (χ0n) is 11.5. The highest BCUT2D eigenvalue weighted by atomic mass is 19.1. The predicted molar refractivity (Wildman–Crippen MR) is 78.3 cm³/mol. The molecule has 0 bridgehead atoms.